The van der Waals surface area contributed by atoms with E-state index in [9.17, 15) is 5.11 Å². The Labute approximate surface area is 148 Å². The molecule has 0 spiro atoms. The van der Waals surface area contributed by atoms with Gasteiger partial charge in [-0.25, -0.2) is 0 Å². The minimum atomic E-state index is 0.241. The zero-order valence-electron chi connectivity index (χ0n) is 14.5. The van der Waals surface area contributed by atoms with Gasteiger partial charge in [0.2, 0.25) is 0 Å². The van der Waals surface area contributed by atoms with Crippen molar-refractivity contribution in [2.24, 2.45) is 0 Å². The van der Waals surface area contributed by atoms with Gasteiger partial charge in [-0.3, -0.25) is 0 Å². The molecule has 0 aliphatic rings. The molecule has 0 saturated carbocycles. The standard InChI is InChI=1S/C22H22O3/c1-3-13-25-22-20(16-7-4-9-18(23)14-16)11-6-12-21(22)17-8-5-10-19(15-17)24-2/h4-12,14-15,23H,3,13H2,1-2H3. The number of hydrogen-bond acceptors (Lipinski definition) is 3. The Morgan fingerprint density at radius 3 is 2.12 bits per heavy atom. The van der Waals surface area contributed by atoms with Crippen molar-refractivity contribution in [3.63, 3.8) is 0 Å². The third-order valence-electron chi connectivity index (χ3n) is 4.00. The summed E-state index contributed by atoms with van der Waals surface area (Å²) >= 11 is 0. The van der Waals surface area contributed by atoms with E-state index in [1.165, 1.54) is 0 Å². The summed E-state index contributed by atoms with van der Waals surface area (Å²) in [5, 5.41) is 9.84. The van der Waals surface area contributed by atoms with Gasteiger partial charge in [0.05, 0.1) is 13.7 Å². The van der Waals surface area contributed by atoms with Crippen LogP contribution in [0.1, 0.15) is 13.3 Å². The van der Waals surface area contributed by atoms with Crippen molar-refractivity contribution in [3.05, 3.63) is 66.7 Å². The van der Waals surface area contributed by atoms with Crippen LogP contribution in [-0.4, -0.2) is 18.8 Å². The van der Waals surface area contributed by atoms with Crippen molar-refractivity contribution < 1.29 is 14.6 Å². The predicted octanol–water partition coefficient (Wildman–Crippen LogP) is 5.52. The number of para-hydroxylation sites is 1. The first-order valence-electron chi connectivity index (χ1n) is 8.42. The first kappa shape index (κ1) is 16.9. The fraction of sp³-hybridized carbons (Fsp3) is 0.182. The van der Waals surface area contributed by atoms with Crippen LogP contribution in [0.15, 0.2) is 66.7 Å². The van der Waals surface area contributed by atoms with Crippen LogP contribution in [0.2, 0.25) is 0 Å². The molecule has 25 heavy (non-hydrogen) atoms. The quantitative estimate of drug-likeness (QED) is 0.645. The molecule has 1 N–H and O–H groups in total. The largest absolute Gasteiger partial charge is 0.508 e. The van der Waals surface area contributed by atoms with E-state index in [0.717, 1.165) is 40.2 Å². The minimum absolute atomic E-state index is 0.241. The van der Waals surface area contributed by atoms with Crippen LogP contribution >= 0.6 is 0 Å². The lowest BCUT2D eigenvalue weighted by molar-refractivity contribution is 0.320. The van der Waals surface area contributed by atoms with Gasteiger partial charge in [0.1, 0.15) is 17.2 Å². The topological polar surface area (TPSA) is 38.7 Å². The van der Waals surface area contributed by atoms with Gasteiger partial charge in [-0.1, -0.05) is 49.4 Å². The van der Waals surface area contributed by atoms with E-state index in [0.29, 0.717) is 6.61 Å². The Kier molecular flexibility index (Phi) is 5.24. The van der Waals surface area contributed by atoms with E-state index in [4.69, 9.17) is 9.47 Å². The summed E-state index contributed by atoms with van der Waals surface area (Å²) in [5.41, 5.74) is 3.93. The van der Waals surface area contributed by atoms with E-state index < -0.39 is 0 Å². The van der Waals surface area contributed by atoms with Crippen LogP contribution in [0.5, 0.6) is 17.2 Å². The van der Waals surface area contributed by atoms with E-state index in [-0.39, 0.29) is 5.75 Å². The fourth-order valence-electron chi connectivity index (χ4n) is 2.82. The van der Waals surface area contributed by atoms with E-state index in [2.05, 4.69) is 6.92 Å². The van der Waals surface area contributed by atoms with Gasteiger partial charge in [-0.15, -0.1) is 0 Å². The highest BCUT2D eigenvalue weighted by Gasteiger charge is 2.14. The normalized spacial score (nSPS) is 10.5. The van der Waals surface area contributed by atoms with Crippen molar-refractivity contribution in [1.82, 2.24) is 0 Å². The lowest BCUT2D eigenvalue weighted by Gasteiger charge is -2.17. The van der Waals surface area contributed by atoms with Crippen molar-refractivity contribution >= 4 is 0 Å². The van der Waals surface area contributed by atoms with Crippen molar-refractivity contribution in [2.45, 2.75) is 13.3 Å². The molecule has 0 radical (unpaired) electrons. The van der Waals surface area contributed by atoms with Gasteiger partial charge in [-0.2, -0.15) is 0 Å². The van der Waals surface area contributed by atoms with Crippen LogP contribution in [0.3, 0.4) is 0 Å². The molecule has 3 aromatic carbocycles. The molecule has 0 amide bonds. The summed E-state index contributed by atoms with van der Waals surface area (Å²) < 4.78 is 11.5. The maximum absolute atomic E-state index is 9.84. The molecule has 3 heteroatoms. The molecular formula is C22H22O3. The SMILES string of the molecule is CCCOc1c(-c2cccc(O)c2)cccc1-c1cccc(OC)c1. The van der Waals surface area contributed by atoms with E-state index in [1.54, 1.807) is 19.2 Å². The van der Waals surface area contributed by atoms with Crippen molar-refractivity contribution in [2.75, 3.05) is 13.7 Å². The maximum atomic E-state index is 9.84. The molecule has 0 atom stereocenters. The summed E-state index contributed by atoms with van der Waals surface area (Å²) in [7, 11) is 1.66. The number of phenolic OH excluding ortho intramolecular Hbond substituents is 1. The Morgan fingerprint density at radius 2 is 1.48 bits per heavy atom. The Balaban J connectivity index is 2.16. The third-order valence-corrected chi connectivity index (χ3v) is 4.00. The molecule has 0 unspecified atom stereocenters. The Bertz CT molecular complexity index is 855. The second-order valence-corrected chi connectivity index (χ2v) is 5.81. The van der Waals surface area contributed by atoms with Gasteiger partial charge >= 0.3 is 0 Å². The van der Waals surface area contributed by atoms with Crippen LogP contribution in [0, 0.1) is 0 Å². The number of phenols is 1. The van der Waals surface area contributed by atoms with Crippen LogP contribution in [-0.2, 0) is 0 Å². The average Bonchev–Trinajstić information content (AvgIpc) is 2.66. The van der Waals surface area contributed by atoms with Crippen LogP contribution in [0.4, 0.5) is 0 Å². The highest BCUT2D eigenvalue weighted by molar-refractivity contribution is 5.83. The van der Waals surface area contributed by atoms with Crippen molar-refractivity contribution in [3.8, 4) is 39.5 Å². The highest BCUT2D eigenvalue weighted by Crippen LogP contribution is 2.40. The molecule has 3 aromatic rings. The van der Waals surface area contributed by atoms with Gasteiger partial charge in [0.15, 0.2) is 0 Å². The molecule has 0 aliphatic carbocycles. The number of methoxy groups -OCH3 is 1. The summed E-state index contributed by atoms with van der Waals surface area (Å²) in [6.45, 7) is 2.72. The molecule has 0 fully saturated rings. The zero-order valence-corrected chi connectivity index (χ0v) is 14.5. The van der Waals surface area contributed by atoms with Gasteiger partial charge in [0.25, 0.3) is 0 Å². The summed E-state index contributed by atoms with van der Waals surface area (Å²) in [6, 6.07) is 21.3. The number of benzene rings is 3. The molecule has 0 heterocycles. The average molecular weight is 334 g/mol. The number of aromatic hydroxyl groups is 1. The van der Waals surface area contributed by atoms with Crippen LogP contribution in [0.25, 0.3) is 22.3 Å². The van der Waals surface area contributed by atoms with Crippen molar-refractivity contribution in [1.29, 1.82) is 0 Å². The van der Waals surface area contributed by atoms with Gasteiger partial charge in [0, 0.05) is 11.1 Å². The lowest BCUT2D eigenvalue weighted by atomic mass is 9.97. The predicted molar refractivity (Wildman–Crippen MR) is 101 cm³/mol. The summed E-state index contributed by atoms with van der Waals surface area (Å²) in [6.07, 6.45) is 0.923. The monoisotopic (exact) mass is 334 g/mol. The van der Waals surface area contributed by atoms with Gasteiger partial charge < -0.3 is 14.6 Å². The molecule has 0 aliphatic heterocycles. The molecule has 0 aromatic heterocycles. The van der Waals surface area contributed by atoms with E-state index in [1.807, 2.05) is 54.6 Å². The first-order valence-corrected chi connectivity index (χ1v) is 8.42. The second-order valence-electron chi connectivity index (χ2n) is 5.81. The zero-order chi connectivity index (χ0) is 17.6. The highest BCUT2D eigenvalue weighted by atomic mass is 16.5. The third kappa shape index (κ3) is 3.77. The molecule has 128 valence electrons. The minimum Gasteiger partial charge on any atom is -0.508 e. The maximum Gasteiger partial charge on any atom is 0.134 e. The molecule has 0 saturated heterocycles. The summed E-state index contributed by atoms with van der Waals surface area (Å²) in [4.78, 5) is 0. The molecular weight excluding hydrogens is 312 g/mol. The first-order chi connectivity index (χ1) is 12.2. The van der Waals surface area contributed by atoms with Gasteiger partial charge in [-0.05, 0) is 41.8 Å². The smallest absolute Gasteiger partial charge is 0.134 e. The fourth-order valence-corrected chi connectivity index (χ4v) is 2.82. The number of hydrogen-bond donors (Lipinski definition) is 1. The molecule has 3 nitrogen and oxygen atoms in total. The number of ether oxygens (including phenoxy) is 2. The number of rotatable bonds is 6. The second kappa shape index (κ2) is 7.75. The Morgan fingerprint density at radius 1 is 0.840 bits per heavy atom. The molecule has 3 rings (SSSR count). The summed E-state index contributed by atoms with van der Waals surface area (Å²) in [5.74, 6) is 1.87. The van der Waals surface area contributed by atoms with E-state index >= 15 is 0 Å². The Hall–Kier alpha value is -2.94. The lowest BCUT2D eigenvalue weighted by Crippen LogP contribution is -1.99. The van der Waals surface area contributed by atoms with Crippen LogP contribution < -0.4 is 9.47 Å². The molecule has 0 bridgehead atoms.